The average Bonchev–Trinajstić information content (AvgIpc) is 2.94. The van der Waals surface area contributed by atoms with Gasteiger partial charge in [-0.2, -0.15) is 0 Å². The number of nitrogens with one attached hydrogen (secondary N) is 1. The van der Waals surface area contributed by atoms with E-state index in [1.807, 2.05) is 13.0 Å². The summed E-state index contributed by atoms with van der Waals surface area (Å²) in [5, 5.41) is 3.30. The number of hydrogen-bond acceptors (Lipinski definition) is 2. The van der Waals surface area contributed by atoms with E-state index in [-0.39, 0.29) is 24.1 Å². The van der Waals surface area contributed by atoms with Crippen LogP contribution < -0.4 is 10.2 Å². The average molecular weight is 347 g/mol. The molecule has 1 N–H and O–H groups in total. The molecule has 0 spiro atoms. The van der Waals surface area contributed by atoms with E-state index in [0.717, 1.165) is 11.3 Å². The summed E-state index contributed by atoms with van der Waals surface area (Å²) in [6.45, 7) is 2.14. The molecule has 0 bridgehead atoms. The Morgan fingerprint density at radius 1 is 1.25 bits per heavy atom. The number of anilines is 2. The largest absolute Gasteiger partial charge is 0.326 e. The van der Waals surface area contributed by atoms with Crippen molar-refractivity contribution in [2.45, 2.75) is 13.3 Å². The predicted octanol–water partition coefficient (Wildman–Crippen LogP) is 3.78. The van der Waals surface area contributed by atoms with Crippen LogP contribution in [0.1, 0.15) is 12.0 Å². The van der Waals surface area contributed by atoms with Crippen molar-refractivity contribution in [1.29, 1.82) is 0 Å². The molecule has 2 aromatic rings. The maximum absolute atomic E-state index is 12.9. The SMILES string of the molecule is Cc1c(Cl)cccc1N1C[C@@H](C(=O)Nc2ccc(F)cc2)CC1=O. The number of nitrogens with zero attached hydrogens (tertiary/aromatic N) is 1. The van der Waals surface area contributed by atoms with Gasteiger partial charge in [0.25, 0.3) is 0 Å². The molecule has 24 heavy (non-hydrogen) atoms. The van der Waals surface area contributed by atoms with Crippen LogP contribution in [0.2, 0.25) is 5.02 Å². The van der Waals surface area contributed by atoms with Crippen molar-refractivity contribution in [1.82, 2.24) is 0 Å². The van der Waals surface area contributed by atoms with E-state index in [4.69, 9.17) is 11.6 Å². The first-order valence-electron chi connectivity index (χ1n) is 7.57. The van der Waals surface area contributed by atoms with Crippen LogP contribution in [0.15, 0.2) is 42.5 Å². The molecule has 1 aliphatic heterocycles. The highest BCUT2D eigenvalue weighted by Gasteiger charge is 2.35. The zero-order valence-corrected chi connectivity index (χ0v) is 13.8. The Bertz CT molecular complexity index is 792. The van der Waals surface area contributed by atoms with Gasteiger partial charge >= 0.3 is 0 Å². The summed E-state index contributed by atoms with van der Waals surface area (Å²) in [5.74, 6) is -1.19. The molecule has 124 valence electrons. The minimum Gasteiger partial charge on any atom is -0.326 e. The first-order valence-corrected chi connectivity index (χ1v) is 7.95. The van der Waals surface area contributed by atoms with Crippen molar-refractivity contribution < 1.29 is 14.0 Å². The van der Waals surface area contributed by atoms with Crippen LogP contribution in [-0.4, -0.2) is 18.4 Å². The predicted molar refractivity (Wildman–Crippen MR) is 91.7 cm³/mol. The fourth-order valence-electron chi connectivity index (χ4n) is 2.78. The first kappa shape index (κ1) is 16.5. The molecule has 0 unspecified atom stereocenters. The molecule has 1 atom stereocenters. The Morgan fingerprint density at radius 2 is 1.96 bits per heavy atom. The normalized spacial score (nSPS) is 17.2. The highest BCUT2D eigenvalue weighted by molar-refractivity contribution is 6.31. The maximum atomic E-state index is 12.9. The van der Waals surface area contributed by atoms with E-state index >= 15 is 0 Å². The standard InChI is InChI=1S/C18H16ClFN2O2/c1-11-15(19)3-2-4-16(11)22-10-12(9-17(22)23)18(24)21-14-7-5-13(20)6-8-14/h2-8,12H,9-10H2,1H3,(H,21,24)/t12-/m0/s1. The van der Waals surface area contributed by atoms with Gasteiger partial charge in [0.05, 0.1) is 5.92 Å². The number of halogens is 2. The van der Waals surface area contributed by atoms with Gasteiger partial charge in [0.2, 0.25) is 11.8 Å². The number of hydrogen-bond donors (Lipinski definition) is 1. The molecule has 4 nitrogen and oxygen atoms in total. The van der Waals surface area contributed by atoms with Gasteiger partial charge in [0, 0.05) is 29.4 Å². The molecule has 1 saturated heterocycles. The lowest BCUT2D eigenvalue weighted by atomic mass is 10.1. The van der Waals surface area contributed by atoms with Gasteiger partial charge in [-0.05, 0) is 48.9 Å². The number of carbonyl (C=O) groups excluding carboxylic acids is 2. The van der Waals surface area contributed by atoms with Crippen molar-refractivity contribution in [3.8, 4) is 0 Å². The Morgan fingerprint density at radius 3 is 2.67 bits per heavy atom. The molecule has 3 rings (SSSR count). The van der Waals surface area contributed by atoms with Crippen LogP contribution in [-0.2, 0) is 9.59 Å². The Balaban J connectivity index is 1.73. The van der Waals surface area contributed by atoms with E-state index in [2.05, 4.69) is 5.32 Å². The first-order chi connectivity index (χ1) is 11.5. The van der Waals surface area contributed by atoms with Crippen molar-refractivity contribution in [3.63, 3.8) is 0 Å². The lowest BCUT2D eigenvalue weighted by Gasteiger charge is -2.19. The van der Waals surface area contributed by atoms with Crippen LogP contribution in [0.4, 0.5) is 15.8 Å². The van der Waals surface area contributed by atoms with Crippen molar-refractivity contribution in [3.05, 3.63) is 58.9 Å². The second kappa shape index (κ2) is 6.61. The Hall–Kier alpha value is -2.40. The van der Waals surface area contributed by atoms with Crippen LogP contribution in [0.3, 0.4) is 0 Å². The molecular formula is C18H16ClFN2O2. The molecule has 0 aliphatic carbocycles. The van der Waals surface area contributed by atoms with Gasteiger partial charge in [-0.3, -0.25) is 9.59 Å². The molecule has 0 saturated carbocycles. The summed E-state index contributed by atoms with van der Waals surface area (Å²) >= 11 is 6.11. The van der Waals surface area contributed by atoms with Gasteiger partial charge in [-0.25, -0.2) is 4.39 Å². The Labute approximate surface area is 144 Å². The molecule has 0 radical (unpaired) electrons. The third-order valence-electron chi connectivity index (χ3n) is 4.14. The van der Waals surface area contributed by atoms with Crippen LogP contribution in [0.5, 0.6) is 0 Å². The third-order valence-corrected chi connectivity index (χ3v) is 4.55. The third kappa shape index (κ3) is 3.26. The molecule has 1 aliphatic rings. The number of carbonyl (C=O) groups is 2. The van der Waals surface area contributed by atoms with Gasteiger partial charge in [-0.15, -0.1) is 0 Å². The zero-order valence-electron chi connectivity index (χ0n) is 13.1. The molecule has 1 fully saturated rings. The summed E-state index contributed by atoms with van der Waals surface area (Å²) in [4.78, 5) is 26.3. The summed E-state index contributed by atoms with van der Waals surface area (Å²) in [6.07, 6.45) is 0.138. The van der Waals surface area contributed by atoms with E-state index in [0.29, 0.717) is 17.3 Å². The van der Waals surface area contributed by atoms with Gasteiger partial charge < -0.3 is 10.2 Å². The maximum Gasteiger partial charge on any atom is 0.229 e. The van der Waals surface area contributed by atoms with Gasteiger partial charge in [0.1, 0.15) is 5.82 Å². The quantitative estimate of drug-likeness (QED) is 0.919. The van der Waals surface area contributed by atoms with Crippen molar-refractivity contribution >= 4 is 34.8 Å². The van der Waals surface area contributed by atoms with Crippen LogP contribution in [0.25, 0.3) is 0 Å². The minimum atomic E-state index is -0.457. The fourth-order valence-corrected chi connectivity index (χ4v) is 2.95. The molecular weight excluding hydrogens is 331 g/mol. The summed E-state index contributed by atoms with van der Waals surface area (Å²) in [6, 6.07) is 10.9. The lowest BCUT2D eigenvalue weighted by molar-refractivity contribution is -0.122. The highest BCUT2D eigenvalue weighted by atomic mass is 35.5. The van der Waals surface area contributed by atoms with E-state index in [1.54, 1.807) is 17.0 Å². The molecule has 2 aromatic carbocycles. The van der Waals surface area contributed by atoms with E-state index in [9.17, 15) is 14.0 Å². The second-order valence-corrected chi connectivity index (χ2v) is 6.19. The lowest BCUT2D eigenvalue weighted by Crippen LogP contribution is -2.28. The van der Waals surface area contributed by atoms with Crippen molar-refractivity contribution in [2.75, 3.05) is 16.8 Å². The highest BCUT2D eigenvalue weighted by Crippen LogP contribution is 2.31. The Kier molecular flexibility index (Phi) is 4.53. The summed E-state index contributed by atoms with van der Waals surface area (Å²) in [5.41, 5.74) is 2.04. The molecule has 0 aromatic heterocycles. The minimum absolute atomic E-state index is 0.111. The zero-order chi connectivity index (χ0) is 17.3. The summed E-state index contributed by atoms with van der Waals surface area (Å²) in [7, 11) is 0. The van der Waals surface area contributed by atoms with E-state index in [1.165, 1.54) is 24.3 Å². The number of rotatable bonds is 3. The monoisotopic (exact) mass is 346 g/mol. The van der Waals surface area contributed by atoms with Crippen LogP contribution >= 0.6 is 11.6 Å². The number of amides is 2. The van der Waals surface area contributed by atoms with Crippen molar-refractivity contribution in [2.24, 2.45) is 5.92 Å². The summed E-state index contributed by atoms with van der Waals surface area (Å²) < 4.78 is 12.9. The van der Waals surface area contributed by atoms with Gasteiger partial charge in [0.15, 0.2) is 0 Å². The topological polar surface area (TPSA) is 49.4 Å². The number of benzene rings is 2. The molecule has 2 amide bonds. The van der Waals surface area contributed by atoms with E-state index < -0.39 is 5.92 Å². The second-order valence-electron chi connectivity index (χ2n) is 5.79. The fraction of sp³-hybridized carbons (Fsp3) is 0.222. The van der Waals surface area contributed by atoms with Crippen LogP contribution in [0, 0.1) is 18.7 Å². The smallest absolute Gasteiger partial charge is 0.229 e. The molecule has 6 heteroatoms. The molecule has 1 heterocycles. The van der Waals surface area contributed by atoms with Gasteiger partial charge in [-0.1, -0.05) is 17.7 Å².